The summed E-state index contributed by atoms with van der Waals surface area (Å²) in [5.74, 6) is -1.56. The number of halogens is 2. The SMILES string of the molecule is [2H]C([2H])([2H])Oc1cncc(F)c1-n1c(=O)n(C)c2cnc3cc(OC)c(-c4cn(C)nc4C)cc3c21.[2H]C([2H])([2H])Oc1cncc(F)c1-n1c(=O)n(C)c2cnc3cc(OC)c(-c4cn(C)nc4C)cc3c21. The highest BCUT2D eigenvalue weighted by atomic mass is 19.1. The number of aromatic nitrogens is 12. The fraction of sp³-hybridized carbons (Fsp3) is 0.217. The zero-order chi connectivity index (χ0) is 51.9. The van der Waals surface area contributed by atoms with Gasteiger partial charge >= 0.3 is 11.4 Å². The second-order valence-corrected chi connectivity index (χ2v) is 15.2. The van der Waals surface area contributed by atoms with Crippen LogP contribution in [-0.4, -0.2) is 86.1 Å². The van der Waals surface area contributed by atoms with Crippen molar-refractivity contribution in [2.75, 3.05) is 28.3 Å². The highest BCUT2D eigenvalue weighted by Crippen LogP contribution is 2.40. The van der Waals surface area contributed by atoms with Gasteiger partial charge in [0.2, 0.25) is 0 Å². The van der Waals surface area contributed by atoms with Crippen LogP contribution in [0.3, 0.4) is 0 Å². The fourth-order valence-electron chi connectivity index (χ4n) is 8.35. The summed E-state index contributed by atoms with van der Waals surface area (Å²) in [7, 11) is 3.95. The van der Waals surface area contributed by atoms with E-state index in [4.69, 9.17) is 27.2 Å². The van der Waals surface area contributed by atoms with Crippen LogP contribution in [0.1, 0.15) is 19.6 Å². The molecule has 8 aromatic heterocycles. The predicted octanol–water partition coefficient (Wildman–Crippen LogP) is 6.28. The van der Waals surface area contributed by atoms with E-state index < -0.39 is 48.6 Å². The molecule has 0 amide bonds. The van der Waals surface area contributed by atoms with Crippen molar-refractivity contribution in [3.05, 3.63) is 118 Å². The number of methoxy groups -OCH3 is 4. The molecule has 0 fully saturated rings. The minimum Gasteiger partial charge on any atom is -0.496 e. The van der Waals surface area contributed by atoms with Gasteiger partial charge in [-0.3, -0.25) is 47.6 Å². The van der Waals surface area contributed by atoms with Gasteiger partial charge in [-0.15, -0.1) is 0 Å². The number of imidazole rings is 2. The van der Waals surface area contributed by atoms with E-state index in [1.165, 1.54) is 49.8 Å². The lowest BCUT2D eigenvalue weighted by atomic mass is 10.0. The summed E-state index contributed by atoms with van der Waals surface area (Å²) in [5.41, 5.74) is 4.98. The summed E-state index contributed by atoms with van der Waals surface area (Å²) in [4.78, 5) is 43.2. The second kappa shape index (κ2) is 16.3. The van der Waals surface area contributed by atoms with Crippen LogP contribution in [0.2, 0.25) is 0 Å². The van der Waals surface area contributed by atoms with Crippen LogP contribution in [0.4, 0.5) is 8.78 Å². The molecule has 0 aliphatic rings. The molecular formula is C46H42F2N12O6. The largest absolute Gasteiger partial charge is 0.496 e. The molecule has 0 aliphatic heterocycles. The Kier molecular flexibility index (Phi) is 8.88. The van der Waals surface area contributed by atoms with Crippen LogP contribution in [-0.2, 0) is 28.2 Å². The Morgan fingerprint density at radius 1 is 0.545 bits per heavy atom. The molecule has 66 heavy (non-hydrogen) atoms. The Bertz CT molecular complexity index is 3700. The topological polar surface area (TPSA) is 178 Å². The van der Waals surface area contributed by atoms with E-state index in [2.05, 4.69) is 30.1 Å². The van der Waals surface area contributed by atoms with Crippen LogP contribution in [0.25, 0.3) is 77.5 Å². The maximum atomic E-state index is 15.2. The van der Waals surface area contributed by atoms with Gasteiger partial charge < -0.3 is 18.9 Å². The maximum Gasteiger partial charge on any atom is 0.333 e. The third kappa shape index (κ3) is 6.67. The molecule has 8 heterocycles. The average molecular weight is 903 g/mol. The molecule has 10 aromatic rings. The van der Waals surface area contributed by atoms with Crippen molar-refractivity contribution in [1.82, 2.24) is 57.8 Å². The number of nitrogens with zero attached hydrogens (tertiary/aromatic N) is 12. The zero-order valence-electron chi connectivity index (χ0n) is 42.5. The molecule has 0 radical (unpaired) electrons. The minimum absolute atomic E-state index is 0.318. The number of ether oxygens (including phenoxy) is 4. The Morgan fingerprint density at radius 2 is 0.955 bits per heavy atom. The predicted molar refractivity (Wildman–Crippen MR) is 243 cm³/mol. The second-order valence-electron chi connectivity index (χ2n) is 15.2. The maximum absolute atomic E-state index is 15.2. The highest BCUT2D eigenvalue weighted by molar-refractivity contribution is 6.07. The number of pyridine rings is 4. The van der Waals surface area contributed by atoms with Gasteiger partial charge in [-0.05, 0) is 26.0 Å². The molecule has 0 atom stereocenters. The van der Waals surface area contributed by atoms with Gasteiger partial charge in [0.25, 0.3) is 0 Å². The fourth-order valence-corrected chi connectivity index (χ4v) is 8.35. The Hall–Kier alpha value is -8.42. The van der Waals surface area contributed by atoms with Crippen LogP contribution in [0.5, 0.6) is 23.0 Å². The van der Waals surface area contributed by atoms with Crippen LogP contribution >= 0.6 is 0 Å². The summed E-state index contributed by atoms with van der Waals surface area (Å²) in [6, 6.07) is 7.04. The van der Waals surface area contributed by atoms with E-state index in [0.29, 0.717) is 66.5 Å². The van der Waals surface area contributed by atoms with Crippen molar-refractivity contribution in [1.29, 1.82) is 0 Å². The number of aryl methyl sites for hydroxylation is 6. The lowest BCUT2D eigenvalue weighted by molar-refractivity contribution is 0.406. The van der Waals surface area contributed by atoms with E-state index in [-0.39, 0.29) is 11.4 Å². The standard InChI is InChI=1S/2C23H21FN6O3/c2*1-12-15(11-28(2)27-12)13-6-14-17(7-19(13)32-4)26-9-18-21(14)30(23(31)29(18)3)22-16(24)8-25-10-20(22)33-5/h2*6-11H,1-5H3/i2*5D3. The molecule has 0 bridgehead atoms. The molecule has 2 aromatic carbocycles. The van der Waals surface area contributed by atoms with Crippen molar-refractivity contribution >= 4 is 43.9 Å². The molecule has 20 heteroatoms. The molecular weight excluding hydrogens is 855 g/mol. The average Bonchev–Trinajstić information content (AvgIpc) is 3.99. The number of rotatable bonds is 8. The van der Waals surface area contributed by atoms with E-state index >= 15 is 8.78 Å². The summed E-state index contributed by atoms with van der Waals surface area (Å²) in [6.07, 6.45) is 10.6. The van der Waals surface area contributed by atoms with Crippen LogP contribution in [0, 0.1) is 25.5 Å². The molecule has 10 rings (SSSR count). The van der Waals surface area contributed by atoms with Gasteiger partial charge in [0.1, 0.15) is 22.9 Å². The van der Waals surface area contributed by atoms with Gasteiger partial charge in [0, 0.05) is 85.7 Å². The van der Waals surface area contributed by atoms with Gasteiger partial charge in [0.05, 0.1) is 118 Å². The third-order valence-corrected chi connectivity index (χ3v) is 11.4. The smallest absolute Gasteiger partial charge is 0.333 e. The molecule has 0 spiro atoms. The number of benzene rings is 2. The molecule has 18 nitrogen and oxygen atoms in total. The third-order valence-electron chi connectivity index (χ3n) is 11.4. The highest BCUT2D eigenvalue weighted by Gasteiger charge is 2.26. The first-order valence-corrected chi connectivity index (χ1v) is 19.8. The normalized spacial score (nSPS) is 13.2. The number of fused-ring (bicyclic) bond motifs is 6. The molecule has 0 saturated heterocycles. The van der Waals surface area contributed by atoms with Crippen molar-refractivity contribution in [2.24, 2.45) is 28.2 Å². The quantitative estimate of drug-likeness (QED) is 0.167. The monoisotopic (exact) mass is 902 g/mol. The first-order valence-electron chi connectivity index (χ1n) is 22.8. The van der Waals surface area contributed by atoms with Gasteiger partial charge in [-0.25, -0.2) is 18.4 Å². The van der Waals surface area contributed by atoms with E-state index in [9.17, 15) is 9.59 Å². The Labute approximate surface area is 381 Å². The van der Waals surface area contributed by atoms with E-state index in [1.54, 1.807) is 47.7 Å². The van der Waals surface area contributed by atoms with Gasteiger partial charge in [-0.2, -0.15) is 10.2 Å². The number of hydrogen-bond donors (Lipinski definition) is 0. The van der Waals surface area contributed by atoms with E-state index in [0.717, 1.165) is 56.4 Å². The summed E-state index contributed by atoms with van der Waals surface area (Å²) in [5, 5.41) is 9.84. The van der Waals surface area contributed by atoms with Crippen molar-refractivity contribution < 1.29 is 36.0 Å². The van der Waals surface area contributed by atoms with Gasteiger partial charge in [-0.1, -0.05) is 0 Å². The molecule has 0 N–H and O–H groups in total. The Morgan fingerprint density at radius 3 is 1.30 bits per heavy atom. The first-order chi connectivity index (χ1) is 34.0. The summed E-state index contributed by atoms with van der Waals surface area (Å²) in [6.45, 7) is 3.72. The van der Waals surface area contributed by atoms with Crippen molar-refractivity contribution in [3.63, 3.8) is 0 Å². The van der Waals surface area contributed by atoms with E-state index in [1.807, 2.05) is 26.2 Å². The van der Waals surface area contributed by atoms with Gasteiger partial charge in [0.15, 0.2) is 23.1 Å². The molecule has 336 valence electrons. The van der Waals surface area contributed by atoms with Crippen LogP contribution < -0.4 is 30.3 Å². The first kappa shape index (κ1) is 36.0. The lowest BCUT2D eigenvalue weighted by Gasteiger charge is -2.13. The molecule has 0 aliphatic carbocycles. The minimum atomic E-state index is -2.89. The van der Waals surface area contributed by atoms with Crippen molar-refractivity contribution in [3.8, 4) is 56.6 Å². The summed E-state index contributed by atoms with van der Waals surface area (Å²) >= 11 is 0. The van der Waals surface area contributed by atoms with Crippen molar-refractivity contribution in [2.45, 2.75) is 13.8 Å². The summed E-state index contributed by atoms with van der Waals surface area (Å²) < 4.78 is 105. The molecule has 0 saturated carbocycles. The number of hydrogen-bond acceptors (Lipinski definition) is 12. The Balaban J connectivity index is 0.000000178. The van der Waals surface area contributed by atoms with Crippen LogP contribution in [0.15, 0.2) is 83.4 Å². The molecule has 0 unspecified atom stereocenters. The zero-order valence-corrected chi connectivity index (χ0v) is 36.5. The lowest BCUT2D eigenvalue weighted by Crippen LogP contribution is -2.22.